The first kappa shape index (κ1) is 21.4. The van der Waals surface area contributed by atoms with E-state index in [1.54, 1.807) is 0 Å². The first-order valence-electron chi connectivity index (χ1n) is 9.80. The van der Waals surface area contributed by atoms with Crippen molar-refractivity contribution in [2.45, 2.75) is 6.18 Å². The van der Waals surface area contributed by atoms with Gasteiger partial charge in [-0.25, -0.2) is 4.98 Å². The largest absolute Gasteiger partial charge is 0.418 e. The highest BCUT2D eigenvalue weighted by Gasteiger charge is 2.33. The molecule has 0 radical (unpaired) electrons. The van der Waals surface area contributed by atoms with Crippen molar-refractivity contribution < 1.29 is 18.0 Å². The predicted molar refractivity (Wildman–Crippen MR) is 115 cm³/mol. The van der Waals surface area contributed by atoms with Crippen LogP contribution in [0.15, 0.2) is 54.6 Å². The lowest BCUT2D eigenvalue weighted by Gasteiger charge is -2.35. The number of piperazine rings is 1. The highest BCUT2D eigenvalue weighted by atomic mass is 35.5. The van der Waals surface area contributed by atoms with Crippen LogP contribution in [0.25, 0.3) is 10.8 Å². The summed E-state index contributed by atoms with van der Waals surface area (Å²) < 4.78 is 39.3. The van der Waals surface area contributed by atoms with E-state index >= 15 is 0 Å². The number of alkyl halides is 3. The van der Waals surface area contributed by atoms with Gasteiger partial charge in [-0.2, -0.15) is 13.2 Å². The SMILES string of the molecule is O=C(CN1CCN(c2cc3ccccc3c(Cl)n2)CC1)Nc1ccccc1C(F)(F)F. The number of halogens is 4. The highest BCUT2D eigenvalue weighted by molar-refractivity contribution is 6.34. The molecule has 0 bridgehead atoms. The standard InChI is InChI=1S/C22H20ClF3N4O/c23-21-16-6-2-1-5-15(16)13-19(28-21)30-11-9-29(10-12-30)14-20(31)27-18-8-4-3-7-17(18)22(24,25)26/h1-8,13H,9-12,14H2,(H,27,31). The molecule has 1 fully saturated rings. The van der Waals surface area contributed by atoms with E-state index in [1.165, 1.54) is 18.2 Å². The molecule has 3 aromatic rings. The quantitative estimate of drug-likeness (QED) is 0.589. The number of rotatable bonds is 4. The summed E-state index contributed by atoms with van der Waals surface area (Å²) in [6, 6.07) is 14.7. The number of pyridine rings is 1. The van der Waals surface area contributed by atoms with Gasteiger partial charge in [0.15, 0.2) is 0 Å². The summed E-state index contributed by atoms with van der Waals surface area (Å²) in [7, 11) is 0. The van der Waals surface area contributed by atoms with Gasteiger partial charge < -0.3 is 10.2 Å². The Kier molecular flexibility index (Phi) is 6.02. The fraction of sp³-hybridized carbons (Fsp3) is 0.273. The van der Waals surface area contributed by atoms with Gasteiger partial charge >= 0.3 is 6.18 Å². The molecule has 2 aromatic carbocycles. The van der Waals surface area contributed by atoms with E-state index in [1.807, 2.05) is 35.2 Å². The van der Waals surface area contributed by atoms with Crippen LogP contribution in [-0.4, -0.2) is 48.5 Å². The van der Waals surface area contributed by atoms with Crippen molar-refractivity contribution >= 4 is 39.8 Å². The number of benzene rings is 2. The maximum atomic E-state index is 13.1. The summed E-state index contributed by atoms with van der Waals surface area (Å²) in [5, 5.41) is 4.73. The van der Waals surface area contributed by atoms with Crippen molar-refractivity contribution in [3.8, 4) is 0 Å². The molecule has 31 heavy (non-hydrogen) atoms. The Bertz CT molecular complexity index is 1100. The number of carbonyl (C=O) groups is 1. The van der Waals surface area contributed by atoms with Crippen LogP contribution in [-0.2, 0) is 11.0 Å². The number of hydrogen-bond acceptors (Lipinski definition) is 4. The lowest BCUT2D eigenvalue weighted by Crippen LogP contribution is -2.49. The minimum Gasteiger partial charge on any atom is -0.354 e. The molecule has 0 aliphatic carbocycles. The van der Waals surface area contributed by atoms with Crippen LogP contribution in [0.1, 0.15) is 5.56 Å². The Labute approximate surface area is 182 Å². The normalized spacial score (nSPS) is 15.3. The molecule has 0 spiro atoms. The van der Waals surface area contributed by atoms with E-state index < -0.39 is 17.6 Å². The fourth-order valence-corrected chi connectivity index (χ4v) is 3.93. The average molecular weight is 449 g/mol. The molecule has 0 atom stereocenters. The van der Waals surface area contributed by atoms with E-state index in [0.717, 1.165) is 22.7 Å². The summed E-state index contributed by atoms with van der Waals surface area (Å²) in [5.41, 5.74) is -1.08. The number of nitrogens with one attached hydrogen (secondary N) is 1. The number of carbonyl (C=O) groups excluding carboxylic acids is 1. The zero-order valence-corrected chi connectivity index (χ0v) is 17.2. The topological polar surface area (TPSA) is 48.5 Å². The van der Waals surface area contributed by atoms with E-state index in [-0.39, 0.29) is 12.2 Å². The van der Waals surface area contributed by atoms with Gasteiger partial charge in [0.05, 0.1) is 17.8 Å². The Balaban J connectivity index is 1.36. The van der Waals surface area contributed by atoms with Gasteiger partial charge in [0.1, 0.15) is 11.0 Å². The molecule has 2 heterocycles. The predicted octanol–water partition coefficient (Wildman–Crippen LogP) is 4.67. The molecule has 1 aliphatic rings. The second kappa shape index (κ2) is 8.72. The smallest absolute Gasteiger partial charge is 0.354 e. The van der Waals surface area contributed by atoms with Crippen LogP contribution in [0.3, 0.4) is 0 Å². The van der Waals surface area contributed by atoms with Gasteiger partial charge in [0.25, 0.3) is 0 Å². The van der Waals surface area contributed by atoms with Crippen LogP contribution in [0.4, 0.5) is 24.7 Å². The van der Waals surface area contributed by atoms with E-state index in [9.17, 15) is 18.0 Å². The summed E-state index contributed by atoms with van der Waals surface area (Å²) in [6.07, 6.45) is -4.52. The molecule has 162 valence electrons. The molecule has 9 heteroatoms. The zero-order valence-electron chi connectivity index (χ0n) is 16.5. The number of fused-ring (bicyclic) bond motifs is 1. The van der Waals surface area contributed by atoms with Crippen molar-refractivity contribution in [1.82, 2.24) is 9.88 Å². The van der Waals surface area contributed by atoms with Gasteiger partial charge in [0, 0.05) is 31.6 Å². The van der Waals surface area contributed by atoms with Crippen LogP contribution in [0, 0.1) is 0 Å². The van der Waals surface area contributed by atoms with E-state index in [2.05, 4.69) is 15.2 Å². The number of nitrogens with zero attached hydrogens (tertiary/aromatic N) is 3. The molecular formula is C22H20ClF3N4O. The second-order valence-corrected chi connectivity index (χ2v) is 7.71. The monoisotopic (exact) mass is 448 g/mol. The third-order valence-electron chi connectivity index (χ3n) is 5.25. The Morgan fingerprint density at radius 2 is 1.71 bits per heavy atom. The van der Waals surface area contributed by atoms with Crippen molar-refractivity contribution in [2.24, 2.45) is 0 Å². The van der Waals surface area contributed by atoms with Gasteiger partial charge in [-0.1, -0.05) is 48.0 Å². The third-order valence-corrected chi connectivity index (χ3v) is 5.54. The van der Waals surface area contributed by atoms with Gasteiger partial charge in [-0.05, 0) is 23.6 Å². The van der Waals surface area contributed by atoms with Crippen LogP contribution >= 0.6 is 11.6 Å². The molecular weight excluding hydrogens is 429 g/mol. The lowest BCUT2D eigenvalue weighted by molar-refractivity contribution is -0.137. The van der Waals surface area contributed by atoms with Gasteiger partial charge in [-0.15, -0.1) is 0 Å². The van der Waals surface area contributed by atoms with E-state index in [0.29, 0.717) is 31.3 Å². The van der Waals surface area contributed by atoms with Crippen LogP contribution in [0.2, 0.25) is 5.15 Å². The summed E-state index contributed by atoms with van der Waals surface area (Å²) >= 11 is 6.32. The first-order valence-corrected chi connectivity index (χ1v) is 10.2. The second-order valence-electron chi connectivity index (χ2n) is 7.35. The number of anilines is 2. The Morgan fingerprint density at radius 3 is 2.45 bits per heavy atom. The molecule has 1 saturated heterocycles. The number of aromatic nitrogens is 1. The average Bonchev–Trinajstić information content (AvgIpc) is 2.74. The molecule has 4 rings (SSSR count). The van der Waals surface area contributed by atoms with Crippen LogP contribution in [0.5, 0.6) is 0 Å². The zero-order chi connectivity index (χ0) is 22.0. The van der Waals surface area contributed by atoms with E-state index in [4.69, 9.17) is 11.6 Å². The summed E-state index contributed by atoms with van der Waals surface area (Å²) in [4.78, 5) is 20.8. The van der Waals surface area contributed by atoms with Crippen molar-refractivity contribution in [2.75, 3.05) is 42.9 Å². The van der Waals surface area contributed by atoms with Crippen molar-refractivity contribution in [3.63, 3.8) is 0 Å². The van der Waals surface area contributed by atoms with Crippen molar-refractivity contribution in [1.29, 1.82) is 0 Å². The van der Waals surface area contributed by atoms with Crippen LogP contribution < -0.4 is 10.2 Å². The number of amides is 1. The number of para-hydroxylation sites is 1. The molecule has 1 amide bonds. The van der Waals surface area contributed by atoms with Gasteiger partial charge in [0.2, 0.25) is 5.91 Å². The Morgan fingerprint density at radius 1 is 1.03 bits per heavy atom. The highest BCUT2D eigenvalue weighted by Crippen LogP contribution is 2.34. The minimum atomic E-state index is -4.52. The maximum Gasteiger partial charge on any atom is 0.418 e. The molecule has 5 nitrogen and oxygen atoms in total. The first-order chi connectivity index (χ1) is 14.8. The maximum absolute atomic E-state index is 13.1. The summed E-state index contributed by atoms with van der Waals surface area (Å²) in [5.74, 6) is 0.295. The Hall–Kier alpha value is -2.84. The molecule has 1 aromatic heterocycles. The molecule has 0 saturated carbocycles. The van der Waals surface area contributed by atoms with Crippen molar-refractivity contribution in [3.05, 3.63) is 65.3 Å². The summed E-state index contributed by atoms with van der Waals surface area (Å²) in [6.45, 7) is 2.45. The minimum absolute atomic E-state index is 0.0198. The fourth-order valence-electron chi connectivity index (χ4n) is 3.67. The molecule has 0 unspecified atom stereocenters. The number of hydrogen-bond donors (Lipinski definition) is 1. The van der Waals surface area contributed by atoms with Gasteiger partial charge in [-0.3, -0.25) is 9.69 Å². The third kappa shape index (κ3) is 4.91. The lowest BCUT2D eigenvalue weighted by atomic mass is 10.1. The molecule has 1 aliphatic heterocycles. The molecule has 1 N–H and O–H groups in total.